The molecule has 0 bridgehead atoms. The van der Waals surface area contributed by atoms with Crippen molar-refractivity contribution in [3.05, 3.63) is 98.8 Å². The first-order valence-electron chi connectivity index (χ1n) is 21.4. The third-order valence-electron chi connectivity index (χ3n) is 11.2. The van der Waals surface area contributed by atoms with Gasteiger partial charge in [0.2, 0.25) is 5.01 Å². The molecule has 0 radical (unpaired) electrons. The second kappa shape index (κ2) is 21.0. The highest BCUT2D eigenvalue weighted by Gasteiger charge is 2.26. The zero-order valence-electron chi connectivity index (χ0n) is 34.9. The van der Waals surface area contributed by atoms with Crippen molar-refractivity contribution in [3.8, 4) is 32.4 Å². The molecule has 328 valence electrons. The molecule has 4 heterocycles. The summed E-state index contributed by atoms with van der Waals surface area (Å²) >= 11 is 2.67. The van der Waals surface area contributed by atoms with Crippen LogP contribution in [0.1, 0.15) is 61.9 Å². The van der Waals surface area contributed by atoms with Crippen molar-refractivity contribution in [3.63, 3.8) is 0 Å². The van der Waals surface area contributed by atoms with Crippen LogP contribution in [0, 0.1) is 11.6 Å². The number of nitrogens with one attached hydrogen (secondary N) is 1. The van der Waals surface area contributed by atoms with E-state index in [1.54, 1.807) is 0 Å². The molecule has 2 saturated heterocycles. The van der Waals surface area contributed by atoms with Crippen molar-refractivity contribution in [1.29, 1.82) is 0 Å². The number of nitrogens with zero attached hydrogens (tertiary/aromatic N) is 4. The molecule has 62 heavy (non-hydrogen) atoms. The molecule has 1 N–H and O–H groups in total. The third-order valence-corrected chi connectivity index (χ3v) is 13.4. The number of hydrogen-bond donors (Lipinski definition) is 1. The lowest BCUT2D eigenvalue weighted by molar-refractivity contribution is 0.0322. The second-order valence-corrected chi connectivity index (χ2v) is 17.3. The van der Waals surface area contributed by atoms with Crippen LogP contribution in [0.5, 0.6) is 11.5 Å². The van der Waals surface area contributed by atoms with Gasteiger partial charge in [0, 0.05) is 50.4 Å². The minimum Gasteiger partial charge on any atom is -0.492 e. The number of rotatable bonds is 12. The summed E-state index contributed by atoms with van der Waals surface area (Å²) in [6, 6.07) is 15.8. The summed E-state index contributed by atoms with van der Waals surface area (Å²) in [6.07, 6.45) is 5.48. The zero-order valence-corrected chi connectivity index (χ0v) is 36.5. The van der Waals surface area contributed by atoms with Gasteiger partial charge >= 0.3 is 5.97 Å². The number of carbonyl (C=O) groups is 2. The molecule has 16 heteroatoms. The van der Waals surface area contributed by atoms with Crippen LogP contribution >= 0.6 is 22.7 Å². The number of fused-ring (bicyclic) bond motifs is 6. The highest BCUT2D eigenvalue weighted by molar-refractivity contribution is 7.17. The number of aryl methyl sites for hydroxylation is 4. The molecule has 5 aromatic rings. The minimum absolute atomic E-state index is 0.180. The number of morpholine rings is 2. The number of hydrogen-bond acceptors (Lipinski definition) is 13. The van der Waals surface area contributed by atoms with Gasteiger partial charge in [-0.15, -0.1) is 22.7 Å². The fraction of sp³-hybridized carbons (Fsp3) is 0.435. The van der Waals surface area contributed by atoms with E-state index in [1.807, 2.05) is 19.1 Å². The SMILES string of the molecule is CCOC(=O)c1nc2c(s1)-c1cc(OCCN3CCOCC3)ccc1CCC2.O=C(Nc1c(F)cccc1F)c1nc2c(s1)-c1cc(OCCN3CCOCC3)ccc1CCC2. The van der Waals surface area contributed by atoms with E-state index in [1.165, 1.54) is 39.9 Å². The van der Waals surface area contributed by atoms with E-state index in [0.717, 1.165) is 160 Å². The minimum atomic E-state index is -0.823. The van der Waals surface area contributed by atoms with Gasteiger partial charge in [0.1, 0.15) is 42.0 Å². The van der Waals surface area contributed by atoms with Gasteiger partial charge in [-0.2, -0.15) is 0 Å². The zero-order chi connectivity index (χ0) is 42.8. The van der Waals surface area contributed by atoms with E-state index in [-0.39, 0.29) is 11.0 Å². The normalized spacial score (nSPS) is 16.2. The molecule has 12 nitrogen and oxygen atoms in total. The van der Waals surface area contributed by atoms with Gasteiger partial charge in [-0.1, -0.05) is 18.2 Å². The fourth-order valence-electron chi connectivity index (χ4n) is 7.90. The Morgan fingerprint density at radius 2 is 1.21 bits per heavy atom. The monoisotopic (exact) mass is 887 g/mol. The molecule has 1 amide bonds. The fourth-order valence-corrected chi connectivity index (χ4v) is 10.0. The number of benzene rings is 3. The van der Waals surface area contributed by atoms with Crippen LogP contribution in [0.4, 0.5) is 14.5 Å². The molecule has 0 unspecified atom stereocenters. The van der Waals surface area contributed by atoms with E-state index in [2.05, 4.69) is 49.4 Å². The molecule has 4 aliphatic rings. The number of halogens is 2. The molecule has 2 aliphatic heterocycles. The Bertz CT molecular complexity index is 2320. The number of para-hydroxylation sites is 1. The average Bonchev–Trinajstić information content (AvgIpc) is 3.83. The Hall–Kier alpha value is -4.84. The van der Waals surface area contributed by atoms with E-state index >= 15 is 0 Å². The van der Waals surface area contributed by atoms with Crippen molar-refractivity contribution in [2.24, 2.45) is 0 Å². The first-order valence-corrected chi connectivity index (χ1v) is 23.0. The van der Waals surface area contributed by atoms with E-state index in [0.29, 0.717) is 24.8 Å². The lowest BCUT2D eigenvalue weighted by atomic mass is 10.0. The number of aromatic nitrogens is 2. The molecule has 2 fully saturated rings. The standard InChI is InChI=1S/C25H25F2N3O3S.C21H26N2O4S/c26-19-4-2-5-20(27)22(19)29-24(31)25-28-21-6-1-3-16-7-8-17(15-18(16)23(21)34-25)33-14-11-30-9-12-32-13-10-30;1-2-26-21(24)20-22-18-5-3-4-15-6-7-16(14-17(15)19(18)28-20)27-13-10-23-8-11-25-12-9-23/h2,4-5,7-8,15H,1,3,6,9-14H2,(H,29,31);6-7,14H,2-5,8-13H2,1H3. The molecule has 0 atom stereocenters. The molecule has 2 aromatic heterocycles. The van der Waals surface area contributed by atoms with Gasteiger partial charge in [0.15, 0.2) is 5.01 Å². The summed E-state index contributed by atoms with van der Waals surface area (Å²) in [7, 11) is 0. The molecular formula is C46H51F2N5O7S2. The average molecular weight is 888 g/mol. The summed E-state index contributed by atoms with van der Waals surface area (Å²) in [5.41, 5.74) is 5.97. The predicted octanol–water partition coefficient (Wildman–Crippen LogP) is 7.73. The van der Waals surface area contributed by atoms with Crippen molar-refractivity contribution in [2.45, 2.75) is 45.4 Å². The predicted molar refractivity (Wildman–Crippen MR) is 235 cm³/mol. The maximum absolute atomic E-state index is 14.0. The molecule has 9 rings (SSSR count). The topological polar surface area (TPSA) is 125 Å². The Labute approximate surface area is 368 Å². The van der Waals surface area contributed by atoms with Crippen LogP contribution in [0.2, 0.25) is 0 Å². The summed E-state index contributed by atoms with van der Waals surface area (Å²) in [4.78, 5) is 40.6. The van der Waals surface area contributed by atoms with Gasteiger partial charge in [-0.3, -0.25) is 14.6 Å². The Kier molecular flexibility index (Phi) is 14.8. The molecular weight excluding hydrogens is 837 g/mol. The maximum Gasteiger partial charge on any atom is 0.367 e. The molecule has 2 aliphatic carbocycles. The summed E-state index contributed by atoms with van der Waals surface area (Å²) in [6.45, 7) is 12.0. The van der Waals surface area contributed by atoms with Crippen molar-refractivity contribution in [1.82, 2.24) is 19.8 Å². The first kappa shape index (κ1) is 43.8. The third kappa shape index (κ3) is 10.8. The molecule has 0 spiro atoms. The highest BCUT2D eigenvalue weighted by Crippen LogP contribution is 2.40. The van der Waals surface area contributed by atoms with E-state index < -0.39 is 23.2 Å². The quantitative estimate of drug-likeness (QED) is 0.124. The number of thiazole rings is 2. The van der Waals surface area contributed by atoms with Gasteiger partial charge < -0.3 is 29.0 Å². The van der Waals surface area contributed by atoms with E-state index in [9.17, 15) is 18.4 Å². The molecule has 3 aromatic carbocycles. The van der Waals surface area contributed by atoms with Crippen LogP contribution in [0.25, 0.3) is 20.9 Å². The maximum atomic E-state index is 14.0. The number of carbonyl (C=O) groups excluding carboxylic acids is 2. The summed E-state index contributed by atoms with van der Waals surface area (Å²) in [5, 5.41) is 2.96. The lowest BCUT2D eigenvalue weighted by Crippen LogP contribution is -2.38. The van der Waals surface area contributed by atoms with Gasteiger partial charge in [0.05, 0.1) is 54.2 Å². The first-order chi connectivity index (χ1) is 30.3. The van der Waals surface area contributed by atoms with Gasteiger partial charge in [0.25, 0.3) is 5.91 Å². The van der Waals surface area contributed by atoms with Gasteiger partial charge in [-0.05, 0) is 93.0 Å². The number of ether oxygens (including phenoxy) is 5. The van der Waals surface area contributed by atoms with Crippen molar-refractivity contribution >= 4 is 40.2 Å². The summed E-state index contributed by atoms with van der Waals surface area (Å²) in [5.74, 6) is -0.966. The number of amides is 1. The van der Waals surface area contributed by atoms with Crippen molar-refractivity contribution in [2.75, 3.05) is 90.8 Å². The number of esters is 1. The van der Waals surface area contributed by atoms with E-state index in [4.69, 9.17) is 23.7 Å². The van der Waals surface area contributed by atoms with Gasteiger partial charge in [-0.25, -0.2) is 23.5 Å². The second-order valence-electron chi connectivity index (χ2n) is 15.3. The van der Waals surface area contributed by atoms with Crippen LogP contribution in [0.15, 0.2) is 54.6 Å². The smallest absolute Gasteiger partial charge is 0.367 e. The Morgan fingerprint density at radius 1 is 0.710 bits per heavy atom. The molecule has 0 saturated carbocycles. The lowest BCUT2D eigenvalue weighted by Gasteiger charge is -2.26. The summed E-state index contributed by atoms with van der Waals surface area (Å²) < 4.78 is 55.9. The Morgan fingerprint density at radius 3 is 1.73 bits per heavy atom. The van der Waals surface area contributed by atoms with Crippen LogP contribution in [0.3, 0.4) is 0 Å². The largest absolute Gasteiger partial charge is 0.492 e. The highest BCUT2D eigenvalue weighted by atomic mass is 32.1. The van der Waals surface area contributed by atoms with Crippen LogP contribution in [-0.4, -0.2) is 117 Å². The van der Waals surface area contributed by atoms with Crippen LogP contribution < -0.4 is 14.8 Å². The van der Waals surface area contributed by atoms with Crippen molar-refractivity contribution < 1.29 is 42.1 Å². The Balaban J connectivity index is 0.000000174. The van der Waals surface area contributed by atoms with Crippen LogP contribution in [-0.2, 0) is 39.9 Å². The number of anilines is 1.